The van der Waals surface area contributed by atoms with Gasteiger partial charge in [-0.1, -0.05) is 18.3 Å². The summed E-state index contributed by atoms with van der Waals surface area (Å²) in [7, 11) is -3.27. The Morgan fingerprint density at radius 3 is 2.57 bits per heavy atom. The van der Waals surface area contributed by atoms with E-state index in [1.54, 1.807) is 13.8 Å². The van der Waals surface area contributed by atoms with Crippen molar-refractivity contribution in [2.75, 3.05) is 30.4 Å². The highest BCUT2D eigenvalue weighted by molar-refractivity contribution is 7.92. The van der Waals surface area contributed by atoms with Gasteiger partial charge in [0.05, 0.1) is 4.75 Å². The van der Waals surface area contributed by atoms with Crippen LogP contribution in [0.2, 0.25) is 0 Å². The topological polar surface area (TPSA) is 114 Å². The molecule has 0 saturated heterocycles. The normalized spacial score (nSPS) is 12.2. The maximum atomic E-state index is 12.1. The van der Waals surface area contributed by atoms with Crippen molar-refractivity contribution < 1.29 is 13.2 Å². The number of nitrogen functional groups attached to an aromatic ring is 1. The number of rotatable bonds is 7. The SMILES string of the molecule is CCCNc1nc(N)c(C(=O)NCC(C)(C)S(C)(=O)=O)s1. The monoisotopic (exact) mass is 334 g/mol. The van der Waals surface area contributed by atoms with Crippen molar-refractivity contribution in [3.8, 4) is 0 Å². The van der Waals surface area contributed by atoms with Crippen LogP contribution in [0.25, 0.3) is 0 Å². The molecule has 0 atom stereocenters. The number of nitrogens with one attached hydrogen (secondary N) is 2. The van der Waals surface area contributed by atoms with E-state index in [-0.39, 0.29) is 17.2 Å². The molecule has 7 nitrogen and oxygen atoms in total. The van der Waals surface area contributed by atoms with Crippen molar-refractivity contribution in [1.82, 2.24) is 10.3 Å². The first-order chi connectivity index (χ1) is 9.58. The molecule has 0 radical (unpaired) electrons. The number of carbonyl (C=O) groups excluding carboxylic acids is 1. The number of hydrogen-bond acceptors (Lipinski definition) is 7. The molecule has 0 fully saturated rings. The Bertz CT molecular complexity index is 608. The summed E-state index contributed by atoms with van der Waals surface area (Å²) in [5, 5.41) is 6.24. The molecule has 0 unspecified atom stereocenters. The van der Waals surface area contributed by atoms with Gasteiger partial charge in [0.2, 0.25) is 0 Å². The fourth-order valence-electron chi connectivity index (χ4n) is 1.31. The highest BCUT2D eigenvalue weighted by Gasteiger charge is 2.31. The number of anilines is 2. The Kier molecular flexibility index (Phi) is 5.57. The van der Waals surface area contributed by atoms with Gasteiger partial charge in [0, 0.05) is 19.3 Å². The Morgan fingerprint density at radius 2 is 2.05 bits per heavy atom. The number of thiazole rings is 1. The standard InChI is InChI=1S/C12H22N4O3S2/c1-5-6-14-11-16-9(13)8(20-11)10(17)15-7-12(2,3)21(4,18)19/h5-7,13H2,1-4H3,(H,14,16)(H,15,17). The minimum Gasteiger partial charge on any atom is -0.382 e. The third kappa shape index (κ3) is 4.57. The van der Waals surface area contributed by atoms with Gasteiger partial charge in [-0.15, -0.1) is 0 Å². The zero-order valence-electron chi connectivity index (χ0n) is 12.7. The molecule has 0 aliphatic carbocycles. The Morgan fingerprint density at radius 1 is 1.43 bits per heavy atom. The lowest BCUT2D eigenvalue weighted by Gasteiger charge is -2.22. The second kappa shape index (κ2) is 6.61. The number of amides is 1. The van der Waals surface area contributed by atoms with Crippen LogP contribution in [-0.2, 0) is 9.84 Å². The van der Waals surface area contributed by atoms with Crippen LogP contribution < -0.4 is 16.4 Å². The molecule has 0 spiro atoms. The summed E-state index contributed by atoms with van der Waals surface area (Å²) in [6, 6.07) is 0. The first-order valence-electron chi connectivity index (χ1n) is 6.56. The van der Waals surface area contributed by atoms with Crippen LogP contribution in [0.3, 0.4) is 0 Å². The van der Waals surface area contributed by atoms with E-state index in [4.69, 9.17) is 5.73 Å². The molecule has 0 saturated carbocycles. The lowest BCUT2D eigenvalue weighted by Crippen LogP contribution is -2.43. The van der Waals surface area contributed by atoms with Gasteiger partial charge in [0.1, 0.15) is 10.7 Å². The highest BCUT2D eigenvalue weighted by Crippen LogP contribution is 2.25. The van der Waals surface area contributed by atoms with E-state index in [2.05, 4.69) is 15.6 Å². The van der Waals surface area contributed by atoms with Crippen molar-refractivity contribution in [1.29, 1.82) is 0 Å². The average molecular weight is 334 g/mol. The van der Waals surface area contributed by atoms with Gasteiger partial charge in [0.15, 0.2) is 15.0 Å². The highest BCUT2D eigenvalue weighted by atomic mass is 32.2. The van der Waals surface area contributed by atoms with Gasteiger partial charge >= 0.3 is 0 Å². The molecular formula is C12H22N4O3S2. The first-order valence-corrected chi connectivity index (χ1v) is 9.27. The number of hydrogen-bond donors (Lipinski definition) is 3. The molecular weight excluding hydrogens is 312 g/mol. The van der Waals surface area contributed by atoms with Crippen LogP contribution in [0.1, 0.15) is 36.9 Å². The van der Waals surface area contributed by atoms with Gasteiger partial charge in [-0.3, -0.25) is 4.79 Å². The summed E-state index contributed by atoms with van der Waals surface area (Å²) in [5.74, 6) is -0.264. The maximum Gasteiger partial charge on any atom is 0.265 e. The summed E-state index contributed by atoms with van der Waals surface area (Å²) in [6.07, 6.45) is 2.08. The van der Waals surface area contributed by atoms with Crippen LogP contribution >= 0.6 is 11.3 Å². The third-order valence-electron chi connectivity index (χ3n) is 3.06. The van der Waals surface area contributed by atoms with E-state index in [1.807, 2.05) is 6.92 Å². The van der Waals surface area contributed by atoms with E-state index in [9.17, 15) is 13.2 Å². The molecule has 1 aromatic rings. The van der Waals surface area contributed by atoms with E-state index >= 15 is 0 Å². The van der Waals surface area contributed by atoms with Gasteiger partial charge in [-0.2, -0.15) is 0 Å². The van der Waals surface area contributed by atoms with Crippen LogP contribution in [0.5, 0.6) is 0 Å². The minimum atomic E-state index is -3.27. The minimum absolute atomic E-state index is 0.0136. The smallest absolute Gasteiger partial charge is 0.265 e. The number of carbonyl (C=O) groups is 1. The second-order valence-corrected chi connectivity index (χ2v) is 9.02. The molecule has 0 aromatic carbocycles. The van der Waals surface area contributed by atoms with Crippen molar-refractivity contribution in [2.45, 2.75) is 31.9 Å². The number of nitrogens with two attached hydrogens (primary N) is 1. The van der Waals surface area contributed by atoms with Crippen molar-refractivity contribution >= 4 is 38.0 Å². The predicted octanol–water partition coefficient (Wildman–Crippen LogP) is 1.10. The summed E-state index contributed by atoms with van der Waals surface area (Å²) < 4.78 is 22.2. The van der Waals surface area contributed by atoms with Gasteiger partial charge < -0.3 is 16.4 Å². The quantitative estimate of drug-likeness (QED) is 0.688. The molecule has 1 amide bonds. The van der Waals surface area contributed by atoms with Crippen molar-refractivity contribution in [3.05, 3.63) is 4.88 Å². The fourth-order valence-corrected chi connectivity index (χ4v) is 2.47. The Hall–Kier alpha value is -1.35. The second-order valence-electron chi connectivity index (χ2n) is 5.37. The molecule has 21 heavy (non-hydrogen) atoms. The van der Waals surface area contributed by atoms with E-state index in [0.29, 0.717) is 5.13 Å². The summed E-state index contributed by atoms with van der Waals surface area (Å²) in [6.45, 7) is 5.90. The number of sulfone groups is 1. The molecule has 0 bridgehead atoms. The van der Waals surface area contributed by atoms with Gasteiger partial charge in [0.25, 0.3) is 5.91 Å². The predicted molar refractivity (Wildman–Crippen MR) is 86.6 cm³/mol. The lowest BCUT2D eigenvalue weighted by molar-refractivity contribution is 0.0955. The van der Waals surface area contributed by atoms with E-state index in [0.717, 1.165) is 30.6 Å². The Balaban J connectivity index is 2.75. The average Bonchev–Trinajstić information content (AvgIpc) is 2.73. The molecule has 1 rings (SSSR count). The number of nitrogens with zero attached hydrogens (tertiary/aromatic N) is 1. The number of aromatic nitrogens is 1. The largest absolute Gasteiger partial charge is 0.382 e. The first kappa shape index (κ1) is 17.7. The maximum absolute atomic E-state index is 12.1. The molecule has 1 aromatic heterocycles. The molecule has 4 N–H and O–H groups in total. The lowest BCUT2D eigenvalue weighted by atomic mass is 10.2. The molecule has 9 heteroatoms. The fraction of sp³-hybridized carbons (Fsp3) is 0.667. The molecule has 0 aliphatic heterocycles. The Labute approximate surface area is 129 Å². The van der Waals surface area contributed by atoms with Gasteiger partial charge in [-0.25, -0.2) is 13.4 Å². The van der Waals surface area contributed by atoms with Crippen LogP contribution in [-0.4, -0.2) is 43.4 Å². The van der Waals surface area contributed by atoms with E-state index < -0.39 is 20.5 Å². The van der Waals surface area contributed by atoms with Gasteiger partial charge in [-0.05, 0) is 20.3 Å². The summed E-state index contributed by atoms with van der Waals surface area (Å²) in [5.41, 5.74) is 5.72. The zero-order chi connectivity index (χ0) is 16.3. The summed E-state index contributed by atoms with van der Waals surface area (Å²) in [4.78, 5) is 16.4. The summed E-state index contributed by atoms with van der Waals surface area (Å²) >= 11 is 1.16. The van der Waals surface area contributed by atoms with Crippen molar-refractivity contribution in [2.24, 2.45) is 0 Å². The van der Waals surface area contributed by atoms with Crippen LogP contribution in [0.4, 0.5) is 10.9 Å². The van der Waals surface area contributed by atoms with Crippen LogP contribution in [0, 0.1) is 0 Å². The third-order valence-corrected chi connectivity index (χ3v) is 6.24. The van der Waals surface area contributed by atoms with Crippen LogP contribution in [0.15, 0.2) is 0 Å². The van der Waals surface area contributed by atoms with E-state index in [1.165, 1.54) is 0 Å². The van der Waals surface area contributed by atoms with Crippen molar-refractivity contribution in [3.63, 3.8) is 0 Å². The molecule has 0 aliphatic rings. The zero-order valence-corrected chi connectivity index (χ0v) is 14.3. The molecule has 120 valence electrons. The molecule has 1 heterocycles.